The highest BCUT2D eigenvalue weighted by atomic mass is 32.2. The van der Waals surface area contributed by atoms with Crippen molar-refractivity contribution in [3.05, 3.63) is 77.6 Å². The van der Waals surface area contributed by atoms with Gasteiger partial charge in [-0.25, -0.2) is 12.8 Å². The average Bonchev–Trinajstić information content (AvgIpc) is 2.67. The van der Waals surface area contributed by atoms with Crippen LogP contribution >= 0.6 is 0 Å². The van der Waals surface area contributed by atoms with E-state index in [9.17, 15) is 17.6 Å². The van der Waals surface area contributed by atoms with E-state index in [1.165, 1.54) is 12.1 Å². The minimum absolute atomic E-state index is 0.0796. The van der Waals surface area contributed by atoms with Crippen LogP contribution in [0.15, 0.2) is 65.6 Å². The molecule has 31 heavy (non-hydrogen) atoms. The molecule has 6 heteroatoms. The maximum Gasteiger partial charge on any atom is 0.255 e. The molecule has 1 aliphatic heterocycles. The number of hydrogen-bond acceptors (Lipinski definition) is 3. The maximum atomic E-state index is 13.7. The Labute approximate surface area is 184 Å². The van der Waals surface area contributed by atoms with Crippen LogP contribution in [0.2, 0.25) is 0 Å². The zero-order valence-electron chi connectivity index (χ0n) is 18.4. The standard InChI is InChI=1S/C25H28FNO3S/c1-25(2,3)17-27-16-6-5-7-22(18-10-14-21(15-11-18)31(4,29)30)23(24(27)28)19-8-12-20(26)13-9-19/h5,7-15H,6,16-17H2,1-4H3/b7-5-,23-22+. The van der Waals surface area contributed by atoms with Crippen LogP contribution in [0.25, 0.3) is 11.1 Å². The van der Waals surface area contributed by atoms with E-state index >= 15 is 0 Å². The fourth-order valence-electron chi connectivity index (χ4n) is 3.63. The van der Waals surface area contributed by atoms with Crippen LogP contribution < -0.4 is 0 Å². The maximum absolute atomic E-state index is 13.7. The summed E-state index contributed by atoms with van der Waals surface area (Å²) in [5, 5.41) is 0. The molecule has 1 aliphatic rings. The van der Waals surface area contributed by atoms with E-state index in [4.69, 9.17) is 0 Å². The molecule has 2 aromatic carbocycles. The summed E-state index contributed by atoms with van der Waals surface area (Å²) in [7, 11) is -3.32. The summed E-state index contributed by atoms with van der Waals surface area (Å²) in [5.41, 5.74) is 2.44. The number of allylic oxidation sites excluding steroid dienone is 2. The van der Waals surface area contributed by atoms with Gasteiger partial charge in [-0.1, -0.05) is 57.2 Å². The number of benzene rings is 2. The molecule has 0 saturated heterocycles. The van der Waals surface area contributed by atoms with Gasteiger partial charge in [-0.2, -0.15) is 0 Å². The number of halogens is 1. The highest BCUT2D eigenvalue weighted by Crippen LogP contribution is 2.32. The minimum atomic E-state index is -3.32. The molecule has 0 saturated carbocycles. The summed E-state index contributed by atoms with van der Waals surface area (Å²) in [6.07, 6.45) is 5.80. The highest BCUT2D eigenvalue weighted by Gasteiger charge is 2.27. The number of rotatable bonds is 4. The summed E-state index contributed by atoms with van der Waals surface area (Å²) < 4.78 is 37.3. The summed E-state index contributed by atoms with van der Waals surface area (Å²) in [5.74, 6) is -0.489. The van der Waals surface area contributed by atoms with E-state index in [2.05, 4.69) is 20.8 Å². The number of carbonyl (C=O) groups excluding carboxylic acids is 1. The predicted octanol–water partition coefficient (Wildman–Crippen LogP) is 4.97. The molecule has 1 heterocycles. The molecule has 0 unspecified atom stereocenters. The Morgan fingerprint density at radius 2 is 1.55 bits per heavy atom. The lowest BCUT2D eigenvalue weighted by Gasteiger charge is -2.32. The van der Waals surface area contributed by atoms with E-state index in [1.807, 2.05) is 17.1 Å². The molecule has 4 nitrogen and oxygen atoms in total. The van der Waals surface area contributed by atoms with Gasteiger partial charge >= 0.3 is 0 Å². The molecule has 0 radical (unpaired) electrons. The average molecular weight is 442 g/mol. The molecule has 0 N–H and O–H groups in total. The van der Waals surface area contributed by atoms with Crippen molar-refractivity contribution in [1.29, 1.82) is 0 Å². The molecule has 2 aromatic rings. The minimum Gasteiger partial charge on any atom is -0.338 e. The molecular formula is C25H28FNO3S. The Morgan fingerprint density at radius 3 is 2.10 bits per heavy atom. The molecule has 164 valence electrons. The number of hydrogen-bond donors (Lipinski definition) is 0. The topological polar surface area (TPSA) is 54.5 Å². The van der Waals surface area contributed by atoms with Gasteiger partial charge in [0.1, 0.15) is 5.82 Å². The van der Waals surface area contributed by atoms with Gasteiger partial charge in [0.2, 0.25) is 0 Å². The molecule has 3 rings (SSSR count). The lowest BCUT2D eigenvalue weighted by molar-refractivity contribution is -0.126. The third-order valence-corrected chi connectivity index (χ3v) is 6.14. The van der Waals surface area contributed by atoms with Gasteiger partial charge in [0, 0.05) is 19.3 Å². The Balaban J connectivity index is 2.20. The lowest BCUT2D eigenvalue weighted by Crippen LogP contribution is -2.39. The number of amides is 1. The van der Waals surface area contributed by atoms with Gasteiger partial charge in [-0.15, -0.1) is 0 Å². The molecule has 0 atom stereocenters. The van der Waals surface area contributed by atoms with Crippen molar-refractivity contribution in [3.8, 4) is 0 Å². The fourth-order valence-corrected chi connectivity index (χ4v) is 4.26. The Kier molecular flexibility index (Phi) is 6.51. The van der Waals surface area contributed by atoms with Crippen LogP contribution in [0.4, 0.5) is 4.39 Å². The molecule has 0 spiro atoms. The molecular weight excluding hydrogens is 413 g/mol. The second kappa shape index (κ2) is 8.79. The van der Waals surface area contributed by atoms with E-state index in [0.717, 1.165) is 11.8 Å². The van der Waals surface area contributed by atoms with Crippen molar-refractivity contribution in [2.45, 2.75) is 32.1 Å². The second-order valence-corrected chi connectivity index (χ2v) is 11.1. The molecule has 0 bridgehead atoms. The first kappa shape index (κ1) is 22.9. The monoisotopic (exact) mass is 441 g/mol. The largest absolute Gasteiger partial charge is 0.338 e. The van der Waals surface area contributed by atoms with Crippen molar-refractivity contribution < 1.29 is 17.6 Å². The van der Waals surface area contributed by atoms with E-state index in [1.54, 1.807) is 36.4 Å². The predicted molar refractivity (Wildman–Crippen MR) is 123 cm³/mol. The highest BCUT2D eigenvalue weighted by molar-refractivity contribution is 7.90. The smallest absolute Gasteiger partial charge is 0.255 e. The molecule has 0 aromatic heterocycles. The second-order valence-electron chi connectivity index (χ2n) is 9.07. The zero-order valence-corrected chi connectivity index (χ0v) is 19.2. The van der Waals surface area contributed by atoms with Gasteiger partial charge in [0.15, 0.2) is 9.84 Å². The van der Waals surface area contributed by atoms with Crippen LogP contribution in [0.1, 0.15) is 38.3 Å². The third-order valence-electron chi connectivity index (χ3n) is 5.01. The van der Waals surface area contributed by atoms with E-state index in [-0.39, 0.29) is 22.0 Å². The van der Waals surface area contributed by atoms with Crippen molar-refractivity contribution in [2.24, 2.45) is 5.41 Å². The zero-order chi connectivity index (χ0) is 22.8. The van der Waals surface area contributed by atoms with Gasteiger partial charge in [-0.3, -0.25) is 4.79 Å². The summed E-state index contributed by atoms with van der Waals surface area (Å²) >= 11 is 0. The SMILES string of the molecule is CC(C)(C)CN1CC/C=C\C(c2ccc(S(C)(=O)=O)cc2)=C(\c2ccc(F)cc2)C1=O. The Bertz CT molecular complexity index is 1120. The van der Waals surface area contributed by atoms with Crippen LogP contribution in [-0.2, 0) is 14.6 Å². The van der Waals surface area contributed by atoms with Crippen molar-refractivity contribution in [3.63, 3.8) is 0 Å². The van der Waals surface area contributed by atoms with Gasteiger partial charge in [0.05, 0.1) is 10.5 Å². The lowest BCUT2D eigenvalue weighted by atomic mass is 9.90. The Morgan fingerprint density at radius 1 is 0.968 bits per heavy atom. The van der Waals surface area contributed by atoms with E-state index < -0.39 is 9.84 Å². The third kappa shape index (κ3) is 5.70. The molecule has 1 amide bonds. The molecule has 0 aliphatic carbocycles. The fraction of sp³-hybridized carbons (Fsp3) is 0.320. The van der Waals surface area contributed by atoms with Crippen molar-refractivity contribution >= 4 is 26.9 Å². The first-order valence-corrected chi connectivity index (χ1v) is 12.1. The summed E-state index contributed by atoms with van der Waals surface area (Å²) in [6.45, 7) is 7.44. The first-order valence-electron chi connectivity index (χ1n) is 10.2. The number of nitrogens with zero attached hydrogens (tertiary/aromatic N) is 1. The number of sulfone groups is 1. The van der Waals surface area contributed by atoms with Gasteiger partial charge < -0.3 is 4.90 Å². The molecule has 0 fully saturated rings. The van der Waals surface area contributed by atoms with Crippen molar-refractivity contribution in [2.75, 3.05) is 19.3 Å². The number of carbonyl (C=O) groups is 1. The summed E-state index contributed by atoms with van der Waals surface area (Å²) in [6, 6.07) is 12.4. The Hall–Kier alpha value is -2.73. The quantitative estimate of drug-likeness (QED) is 0.673. The van der Waals surface area contributed by atoms with Crippen molar-refractivity contribution in [1.82, 2.24) is 4.90 Å². The van der Waals surface area contributed by atoms with Crippen LogP contribution in [0, 0.1) is 11.2 Å². The van der Waals surface area contributed by atoms with Crippen LogP contribution in [0.5, 0.6) is 0 Å². The normalized spacial score (nSPS) is 19.1. The van der Waals surface area contributed by atoms with Gasteiger partial charge in [-0.05, 0) is 52.8 Å². The van der Waals surface area contributed by atoms with Crippen LogP contribution in [-0.4, -0.2) is 38.6 Å². The van der Waals surface area contributed by atoms with Crippen LogP contribution in [0.3, 0.4) is 0 Å². The first-order chi connectivity index (χ1) is 14.5. The van der Waals surface area contributed by atoms with E-state index in [0.29, 0.717) is 36.2 Å². The van der Waals surface area contributed by atoms with Gasteiger partial charge in [0.25, 0.3) is 5.91 Å². The summed E-state index contributed by atoms with van der Waals surface area (Å²) in [4.78, 5) is 15.8.